The number of anilines is 2. The molecule has 0 unspecified atom stereocenters. The van der Waals surface area contributed by atoms with Gasteiger partial charge in [0, 0.05) is 30.1 Å². The van der Waals surface area contributed by atoms with Crippen LogP contribution in [-0.4, -0.2) is 42.1 Å². The summed E-state index contributed by atoms with van der Waals surface area (Å²) in [4.78, 5) is 10.2. The van der Waals surface area contributed by atoms with Crippen LogP contribution >= 0.6 is 0 Å². The lowest BCUT2D eigenvalue weighted by Gasteiger charge is -2.16. The third kappa shape index (κ3) is 4.50. The number of nitro groups is 1. The zero-order valence-electron chi connectivity index (χ0n) is 13.8. The minimum absolute atomic E-state index is 0.0558. The van der Waals surface area contributed by atoms with Gasteiger partial charge in [-0.2, -0.15) is 0 Å². The van der Waals surface area contributed by atoms with Crippen molar-refractivity contribution in [2.45, 2.75) is 18.7 Å². The van der Waals surface area contributed by atoms with Crippen molar-refractivity contribution >= 4 is 26.9 Å². The predicted octanol–water partition coefficient (Wildman–Crippen LogP) is 1.78. The minimum Gasteiger partial charge on any atom is -0.390 e. The summed E-state index contributed by atoms with van der Waals surface area (Å²) in [5, 5.41) is 26.7. The van der Waals surface area contributed by atoms with Crippen molar-refractivity contribution in [3.05, 3.63) is 64.2 Å². The van der Waals surface area contributed by atoms with E-state index in [2.05, 4.69) is 10.6 Å². The van der Waals surface area contributed by atoms with Gasteiger partial charge in [-0.05, 0) is 29.8 Å². The molecule has 0 amide bonds. The Bertz CT molecular complexity index is 882. The number of sulfone groups is 1. The van der Waals surface area contributed by atoms with Crippen molar-refractivity contribution in [3.8, 4) is 0 Å². The fraction of sp³-hybridized carbons (Fsp3) is 0.294. The lowest BCUT2D eigenvalue weighted by molar-refractivity contribution is -0.384. The number of nitro benzene ring substituents is 1. The van der Waals surface area contributed by atoms with Gasteiger partial charge in [0.05, 0.1) is 28.6 Å². The average Bonchev–Trinajstić information content (AvgIpc) is 2.86. The maximum Gasteiger partial charge on any atom is 0.269 e. The molecule has 1 fully saturated rings. The van der Waals surface area contributed by atoms with Gasteiger partial charge in [0.2, 0.25) is 0 Å². The van der Waals surface area contributed by atoms with Gasteiger partial charge in [-0.3, -0.25) is 10.1 Å². The summed E-state index contributed by atoms with van der Waals surface area (Å²) in [5.41, 5.74) is 2.55. The van der Waals surface area contributed by atoms with Crippen molar-refractivity contribution in [3.63, 3.8) is 0 Å². The molecule has 1 aliphatic heterocycles. The third-order valence-electron chi connectivity index (χ3n) is 4.20. The Morgan fingerprint density at radius 3 is 2.19 bits per heavy atom. The Morgan fingerprint density at radius 1 is 1.04 bits per heavy atom. The Balaban J connectivity index is 1.55. The van der Waals surface area contributed by atoms with Crippen molar-refractivity contribution in [2.24, 2.45) is 0 Å². The Kier molecular flexibility index (Phi) is 5.10. The summed E-state index contributed by atoms with van der Waals surface area (Å²) in [7, 11) is -3.19. The topological polar surface area (TPSA) is 122 Å². The maximum absolute atomic E-state index is 11.5. The normalized spacial score (nSPS) is 21.3. The number of benzene rings is 2. The number of rotatable bonds is 6. The summed E-state index contributed by atoms with van der Waals surface area (Å²) in [6.45, 7) is 0.518. The first-order valence-electron chi connectivity index (χ1n) is 8.05. The number of nitrogens with zero attached hydrogens (tertiary/aromatic N) is 1. The van der Waals surface area contributed by atoms with Crippen LogP contribution in [-0.2, 0) is 16.4 Å². The Hall–Kier alpha value is -2.65. The third-order valence-corrected chi connectivity index (χ3v) is 5.92. The highest BCUT2D eigenvalue weighted by atomic mass is 32.2. The van der Waals surface area contributed by atoms with Crippen LogP contribution in [0.1, 0.15) is 5.56 Å². The van der Waals surface area contributed by atoms with Crippen molar-refractivity contribution in [2.75, 3.05) is 22.1 Å². The van der Waals surface area contributed by atoms with E-state index < -0.39 is 26.9 Å². The Labute approximate surface area is 150 Å². The van der Waals surface area contributed by atoms with Gasteiger partial charge in [0.1, 0.15) is 0 Å². The van der Waals surface area contributed by atoms with Crippen LogP contribution in [0.2, 0.25) is 0 Å². The number of nitrogens with one attached hydrogen (secondary N) is 2. The van der Waals surface area contributed by atoms with Crippen LogP contribution in [0.25, 0.3) is 0 Å². The molecule has 2 aromatic carbocycles. The standard InChI is InChI=1S/C17H19N3O5S/c21-17-11-26(24,25)10-16(17)19-14-5-3-13(4-6-14)18-9-12-1-7-15(8-2-12)20(22)23/h1-8,16-19,21H,9-11H2/t16-,17+/m0/s1. The first-order valence-corrected chi connectivity index (χ1v) is 9.87. The van der Waals surface area contributed by atoms with Crippen LogP contribution in [0.5, 0.6) is 0 Å². The molecule has 138 valence electrons. The SMILES string of the molecule is O=[N+]([O-])c1ccc(CNc2ccc(N[C@H]3CS(=O)(=O)C[C@H]3O)cc2)cc1. The second kappa shape index (κ2) is 7.30. The molecule has 26 heavy (non-hydrogen) atoms. The quantitative estimate of drug-likeness (QED) is 0.518. The Morgan fingerprint density at radius 2 is 1.65 bits per heavy atom. The van der Waals surface area contributed by atoms with Crippen molar-refractivity contribution < 1.29 is 18.4 Å². The van der Waals surface area contributed by atoms with E-state index in [-0.39, 0.29) is 17.2 Å². The molecule has 0 bridgehead atoms. The zero-order chi connectivity index (χ0) is 18.7. The van der Waals surface area contributed by atoms with Crippen molar-refractivity contribution in [1.29, 1.82) is 0 Å². The van der Waals surface area contributed by atoms with E-state index in [9.17, 15) is 23.6 Å². The molecular formula is C17H19N3O5S. The van der Waals surface area contributed by atoms with Crippen LogP contribution in [0.4, 0.5) is 17.1 Å². The molecule has 9 heteroatoms. The van der Waals surface area contributed by atoms with Gasteiger partial charge in [0.15, 0.2) is 9.84 Å². The van der Waals surface area contributed by atoms with Crippen LogP contribution in [0.3, 0.4) is 0 Å². The number of aliphatic hydroxyl groups is 1. The number of hydrogen-bond donors (Lipinski definition) is 3. The van der Waals surface area contributed by atoms with Crippen LogP contribution < -0.4 is 10.6 Å². The smallest absolute Gasteiger partial charge is 0.269 e. The first-order chi connectivity index (χ1) is 12.3. The van der Waals surface area contributed by atoms with E-state index in [0.717, 1.165) is 16.9 Å². The number of non-ortho nitro benzene ring substituents is 1. The highest BCUT2D eigenvalue weighted by Crippen LogP contribution is 2.20. The average molecular weight is 377 g/mol. The van der Waals surface area contributed by atoms with E-state index in [1.807, 2.05) is 12.1 Å². The largest absolute Gasteiger partial charge is 0.390 e. The van der Waals surface area contributed by atoms with Gasteiger partial charge >= 0.3 is 0 Å². The van der Waals surface area contributed by atoms with Gasteiger partial charge in [0.25, 0.3) is 5.69 Å². The van der Waals surface area contributed by atoms with Gasteiger partial charge in [-0.25, -0.2) is 8.42 Å². The summed E-state index contributed by atoms with van der Waals surface area (Å²) in [6, 6.07) is 13.1. The van der Waals surface area contributed by atoms with E-state index in [1.165, 1.54) is 12.1 Å². The highest BCUT2D eigenvalue weighted by Gasteiger charge is 2.36. The lowest BCUT2D eigenvalue weighted by atomic mass is 10.2. The molecule has 3 rings (SSSR count). The second-order valence-corrected chi connectivity index (χ2v) is 8.40. The molecule has 1 aliphatic rings. The van der Waals surface area contributed by atoms with Crippen molar-refractivity contribution in [1.82, 2.24) is 0 Å². The van der Waals surface area contributed by atoms with E-state index in [0.29, 0.717) is 6.54 Å². The molecule has 3 N–H and O–H groups in total. The predicted molar refractivity (Wildman–Crippen MR) is 98.9 cm³/mol. The molecule has 0 radical (unpaired) electrons. The van der Waals surface area contributed by atoms with Gasteiger partial charge < -0.3 is 15.7 Å². The van der Waals surface area contributed by atoms with Gasteiger partial charge in [-0.15, -0.1) is 0 Å². The number of aliphatic hydroxyl groups excluding tert-OH is 1. The van der Waals surface area contributed by atoms with E-state index in [4.69, 9.17) is 0 Å². The minimum atomic E-state index is -3.19. The van der Waals surface area contributed by atoms with Crippen LogP contribution in [0, 0.1) is 10.1 Å². The fourth-order valence-electron chi connectivity index (χ4n) is 2.80. The summed E-state index contributed by atoms with van der Waals surface area (Å²) >= 11 is 0. The lowest BCUT2D eigenvalue weighted by Crippen LogP contribution is -2.31. The summed E-state index contributed by atoms with van der Waals surface area (Å²) < 4.78 is 23.1. The van der Waals surface area contributed by atoms with Crippen LogP contribution in [0.15, 0.2) is 48.5 Å². The summed E-state index contributed by atoms with van der Waals surface area (Å²) in [6.07, 6.45) is -0.903. The molecule has 1 saturated heterocycles. The molecule has 1 heterocycles. The van der Waals surface area contributed by atoms with Gasteiger partial charge in [-0.1, -0.05) is 12.1 Å². The van der Waals surface area contributed by atoms with E-state index >= 15 is 0 Å². The molecule has 0 aromatic heterocycles. The molecule has 2 atom stereocenters. The first kappa shape index (κ1) is 18.2. The molecule has 0 aliphatic carbocycles. The molecule has 0 spiro atoms. The zero-order valence-corrected chi connectivity index (χ0v) is 14.6. The monoisotopic (exact) mass is 377 g/mol. The molecular weight excluding hydrogens is 358 g/mol. The highest BCUT2D eigenvalue weighted by molar-refractivity contribution is 7.91. The second-order valence-electron chi connectivity index (χ2n) is 6.25. The molecule has 0 saturated carbocycles. The fourth-order valence-corrected chi connectivity index (χ4v) is 4.55. The molecule has 2 aromatic rings. The maximum atomic E-state index is 11.5. The van der Waals surface area contributed by atoms with E-state index in [1.54, 1.807) is 24.3 Å². The molecule has 8 nitrogen and oxygen atoms in total. The number of hydrogen-bond acceptors (Lipinski definition) is 7. The summed E-state index contributed by atoms with van der Waals surface area (Å²) in [5.74, 6) is -0.284.